The van der Waals surface area contributed by atoms with Gasteiger partial charge in [-0.2, -0.15) is 0 Å². The number of hydrogen-bond donors (Lipinski definition) is 2. The van der Waals surface area contributed by atoms with Gasteiger partial charge < -0.3 is 10.6 Å². The zero-order valence-electron chi connectivity index (χ0n) is 12.6. The number of aryl methyl sites for hydroxylation is 2. The summed E-state index contributed by atoms with van der Waals surface area (Å²) in [7, 11) is 0. The van der Waals surface area contributed by atoms with Gasteiger partial charge in [0, 0.05) is 12.2 Å². The predicted molar refractivity (Wildman–Crippen MR) is 87.3 cm³/mol. The van der Waals surface area contributed by atoms with Gasteiger partial charge in [0.05, 0.1) is 6.54 Å². The van der Waals surface area contributed by atoms with Gasteiger partial charge in [0.15, 0.2) is 0 Å². The topological polar surface area (TPSA) is 41.1 Å². The molecule has 2 aromatic rings. The second-order valence-electron chi connectivity index (χ2n) is 5.13. The Hall–Kier alpha value is -2.29. The molecule has 0 aliphatic carbocycles. The molecular weight excluding hydrogens is 260 g/mol. The summed E-state index contributed by atoms with van der Waals surface area (Å²) < 4.78 is 0. The van der Waals surface area contributed by atoms with E-state index >= 15 is 0 Å². The smallest absolute Gasteiger partial charge is 0.239 e. The third-order valence-electron chi connectivity index (χ3n) is 3.45. The lowest BCUT2D eigenvalue weighted by atomic mass is 10.1. The van der Waals surface area contributed by atoms with Gasteiger partial charge in [-0.15, -0.1) is 0 Å². The van der Waals surface area contributed by atoms with Crippen molar-refractivity contribution >= 4 is 11.6 Å². The average molecular weight is 282 g/mol. The molecule has 0 unspecified atom stereocenters. The summed E-state index contributed by atoms with van der Waals surface area (Å²) in [4.78, 5) is 11.9. The first-order valence-electron chi connectivity index (χ1n) is 7.33. The summed E-state index contributed by atoms with van der Waals surface area (Å²) in [5, 5.41) is 6.12. The summed E-state index contributed by atoms with van der Waals surface area (Å²) in [5.41, 5.74) is 4.60. The van der Waals surface area contributed by atoms with Crippen molar-refractivity contribution in [2.24, 2.45) is 0 Å². The molecular formula is C18H22N2O. The Morgan fingerprint density at radius 3 is 2.48 bits per heavy atom. The van der Waals surface area contributed by atoms with Crippen LogP contribution < -0.4 is 10.6 Å². The van der Waals surface area contributed by atoms with Gasteiger partial charge in [-0.05, 0) is 30.5 Å². The van der Waals surface area contributed by atoms with E-state index < -0.39 is 0 Å². The maximum absolute atomic E-state index is 11.9. The molecule has 0 saturated carbocycles. The molecule has 0 heterocycles. The zero-order valence-corrected chi connectivity index (χ0v) is 12.6. The molecule has 2 N–H and O–H groups in total. The molecule has 0 spiro atoms. The summed E-state index contributed by atoms with van der Waals surface area (Å²) in [6.45, 7) is 5.02. The highest BCUT2D eigenvalue weighted by atomic mass is 16.1. The Kier molecular flexibility index (Phi) is 5.38. The third kappa shape index (κ3) is 4.63. The molecule has 2 rings (SSSR count). The number of carbonyl (C=O) groups excluding carboxylic acids is 1. The predicted octanol–water partition coefficient (Wildman–Crippen LogP) is 3.29. The Morgan fingerprint density at radius 1 is 1.05 bits per heavy atom. The molecule has 0 atom stereocenters. The maximum atomic E-state index is 11.9. The van der Waals surface area contributed by atoms with Gasteiger partial charge >= 0.3 is 0 Å². The van der Waals surface area contributed by atoms with Crippen LogP contribution in [0.1, 0.15) is 23.6 Å². The number of anilines is 1. The van der Waals surface area contributed by atoms with E-state index in [1.165, 1.54) is 11.1 Å². The van der Waals surface area contributed by atoms with E-state index in [0.29, 0.717) is 13.1 Å². The molecule has 0 fully saturated rings. The van der Waals surface area contributed by atoms with E-state index in [4.69, 9.17) is 0 Å². The molecule has 0 saturated heterocycles. The van der Waals surface area contributed by atoms with Gasteiger partial charge in [-0.1, -0.05) is 55.0 Å². The Balaban J connectivity index is 1.81. The molecule has 3 heteroatoms. The minimum atomic E-state index is 0.00137. The van der Waals surface area contributed by atoms with Crippen LogP contribution in [0.5, 0.6) is 0 Å². The quantitative estimate of drug-likeness (QED) is 0.853. The van der Waals surface area contributed by atoms with Crippen molar-refractivity contribution in [3.8, 4) is 0 Å². The molecule has 1 amide bonds. The average Bonchev–Trinajstić information content (AvgIpc) is 2.52. The van der Waals surface area contributed by atoms with Crippen LogP contribution in [0.25, 0.3) is 0 Å². The Labute approximate surface area is 126 Å². The summed E-state index contributed by atoms with van der Waals surface area (Å²) >= 11 is 0. The van der Waals surface area contributed by atoms with E-state index in [2.05, 4.69) is 42.7 Å². The summed E-state index contributed by atoms with van der Waals surface area (Å²) in [6, 6.07) is 16.3. The van der Waals surface area contributed by atoms with Crippen molar-refractivity contribution in [3.05, 3.63) is 65.2 Å². The highest BCUT2D eigenvalue weighted by Gasteiger charge is 2.03. The first-order valence-corrected chi connectivity index (χ1v) is 7.33. The largest absolute Gasteiger partial charge is 0.376 e. The lowest BCUT2D eigenvalue weighted by Crippen LogP contribution is -2.29. The first-order chi connectivity index (χ1) is 10.2. The van der Waals surface area contributed by atoms with Crippen LogP contribution in [0, 0.1) is 6.92 Å². The minimum absolute atomic E-state index is 0.00137. The molecule has 0 aromatic heterocycles. The molecule has 0 bridgehead atoms. The van der Waals surface area contributed by atoms with Gasteiger partial charge in [-0.25, -0.2) is 0 Å². The molecule has 3 nitrogen and oxygen atoms in total. The highest BCUT2D eigenvalue weighted by Crippen LogP contribution is 2.14. The van der Waals surface area contributed by atoms with Crippen molar-refractivity contribution < 1.29 is 4.79 Å². The number of benzene rings is 2. The SMILES string of the molecule is CCc1ccccc1NCC(=O)NCc1ccc(C)cc1. The number of hydrogen-bond acceptors (Lipinski definition) is 2. The fraction of sp³-hybridized carbons (Fsp3) is 0.278. The second-order valence-corrected chi connectivity index (χ2v) is 5.13. The number of carbonyl (C=O) groups is 1. The Morgan fingerprint density at radius 2 is 1.76 bits per heavy atom. The minimum Gasteiger partial charge on any atom is -0.376 e. The standard InChI is InChI=1S/C18H22N2O/c1-3-16-6-4-5-7-17(16)19-13-18(21)20-12-15-10-8-14(2)9-11-15/h4-11,19H,3,12-13H2,1-2H3,(H,20,21). The van der Waals surface area contributed by atoms with E-state index in [0.717, 1.165) is 17.7 Å². The van der Waals surface area contributed by atoms with Gasteiger partial charge in [0.25, 0.3) is 0 Å². The molecule has 110 valence electrons. The van der Waals surface area contributed by atoms with Crippen LogP contribution in [0.4, 0.5) is 5.69 Å². The van der Waals surface area contributed by atoms with Crippen LogP contribution in [0.3, 0.4) is 0 Å². The van der Waals surface area contributed by atoms with E-state index in [1.54, 1.807) is 0 Å². The van der Waals surface area contributed by atoms with Crippen LogP contribution in [-0.4, -0.2) is 12.5 Å². The van der Waals surface area contributed by atoms with E-state index in [1.807, 2.05) is 30.3 Å². The number of para-hydroxylation sites is 1. The van der Waals surface area contributed by atoms with Crippen molar-refractivity contribution in [3.63, 3.8) is 0 Å². The van der Waals surface area contributed by atoms with Crippen molar-refractivity contribution in [1.29, 1.82) is 0 Å². The lowest BCUT2D eigenvalue weighted by Gasteiger charge is -2.11. The van der Waals surface area contributed by atoms with Crippen molar-refractivity contribution in [1.82, 2.24) is 5.32 Å². The number of nitrogens with one attached hydrogen (secondary N) is 2. The van der Waals surface area contributed by atoms with Crippen molar-refractivity contribution in [2.45, 2.75) is 26.8 Å². The number of rotatable bonds is 6. The van der Waals surface area contributed by atoms with Crippen LogP contribution >= 0.6 is 0 Å². The first kappa shape index (κ1) is 15.1. The number of amides is 1. The van der Waals surface area contributed by atoms with Crippen molar-refractivity contribution in [2.75, 3.05) is 11.9 Å². The van der Waals surface area contributed by atoms with Gasteiger partial charge in [0.2, 0.25) is 5.91 Å². The lowest BCUT2D eigenvalue weighted by molar-refractivity contribution is -0.119. The zero-order chi connectivity index (χ0) is 15.1. The van der Waals surface area contributed by atoms with E-state index in [9.17, 15) is 4.79 Å². The fourth-order valence-electron chi connectivity index (χ4n) is 2.15. The van der Waals surface area contributed by atoms with Crippen LogP contribution in [-0.2, 0) is 17.8 Å². The maximum Gasteiger partial charge on any atom is 0.239 e. The van der Waals surface area contributed by atoms with Crippen LogP contribution in [0.2, 0.25) is 0 Å². The third-order valence-corrected chi connectivity index (χ3v) is 3.45. The molecule has 0 aliphatic rings. The highest BCUT2D eigenvalue weighted by molar-refractivity contribution is 5.80. The second kappa shape index (κ2) is 7.48. The van der Waals surface area contributed by atoms with Crippen LogP contribution in [0.15, 0.2) is 48.5 Å². The molecule has 21 heavy (non-hydrogen) atoms. The van der Waals surface area contributed by atoms with E-state index in [-0.39, 0.29) is 5.91 Å². The molecule has 0 radical (unpaired) electrons. The fourth-order valence-corrected chi connectivity index (χ4v) is 2.15. The van der Waals surface area contributed by atoms with Gasteiger partial charge in [-0.3, -0.25) is 4.79 Å². The summed E-state index contributed by atoms with van der Waals surface area (Å²) in [5.74, 6) is 0.00137. The monoisotopic (exact) mass is 282 g/mol. The normalized spacial score (nSPS) is 10.2. The molecule has 2 aromatic carbocycles. The van der Waals surface area contributed by atoms with Gasteiger partial charge in [0.1, 0.15) is 0 Å². The summed E-state index contributed by atoms with van der Waals surface area (Å²) in [6.07, 6.45) is 0.953. The molecule has 0 aliphatic heterocycles. The Bertz CT molecular complexity index is 590.